The number of hydrogen-bond donors (Lipinski definition) is 3. The van der Waals surface area contributed by atoms with E-state index in [0.29, 0.717) is 16.0 Å². The molecule has 3 saturated heterocycles. The molecular formula is C34H36N6O13S. The Bertz CT molecular complexity index is 1900. The number of carboxylic acids is 1. The van der Waals surface area contributed by atoms with Crippen LogP contribution in [0.2, 0.25) is 0 Å². The number of amides is 4. The smallest absolute Gasteiger partial charge is 0.410 e. The van der Waals surface area contributed by atoms with Crippen LogP contribution in [-0.2, 0) is 37.1 Å². The van der Waals surface area contributed by atoms with Crippen molar-refractivity contribution in [3.63, 3.8) is 0 Å². The summed E-state index contributed by atoms with van der Waals surface area (Å²) in [6, 6.07) is 8.90. The first-order chi connectivity index (χ1) is 25.6. The molecular weight excluding hydrogens is 732 g/mol. The molecule has 4 heterocycles. The number of ether oxygens (including phenoxy) is 2. The molecule has 3 N–H and O–H groups in total. The Balaban J connectivity index is 1.11. The largest absolute Gasteiger partial charge is 0.477 e. The number of benzene rings is 2. The summed E-state index contributed by atoms with van der Waals surface area (Å²) in [6.07, 6.45) is -2.46. The lowest BCUT2D eigenvalue weighted by atomic mass is 9.79. The van der Waals surface area contributed by atoms with E-state index in [4.69, 9.17) is 9.47 Å². The first kappa shape index (κ1) is 38.0. The maximum Gasteiger partial charge on any atom is 0.410 e. The molecule has 0 spiro atoms. The number of β-lactam (4-membered cyclic amide) rings is 1. The molecule has 0 aromatic heterocycles. The van der Waals surface area contributed by atoms with Gasteiger partial charge in [-0.25, -0.2) is 14.4 Å². The summed E-state index contributed by atoms with van der Waals surface area (Å²) in [4.78, 5) is 90.1. The number of hydrogen-bond acceptors (Lipinski definition) is 13. The first-order valence-corrected chi connectivity index (χ1v) is 17.8. The molecule has 286 valence electrons. The van der Waals surface area contributed by atoms with Crippen LogP contribution in [0, 0.1) is 32.1 Å². The lowest BCUT2D eigenvalue weighted by molar-refractivity contribution is -0.385. The Morgan fingerprint density at radius 3 is 2.02 bits per heavy atom. The number of nitrogens with zero attached hydrogens (tertiary/aromatic N) is 5. The number of aliphatic hydroxyl groups excluding tert-OH is 1. The number of rotatable bonds is 12. The second kappa shape index (κ2) is 15.3. The third-order valence-corrected chi connectivity index (χ3v) is 11.4. The Morgan fingerprint density at radius 2 is 1.50 bits per heavy atom. The van der Waals surface area contributed by atoms with Crippen LogP contribution < -0.4 is 5.32 Å². The highest BCUT2D eigenvalue weighted by Crippen LogP contribution is 2.52. The van der Waals surface area contributed by atoms with E-state index in [1.165, 1.54) is 81.9 Å². The third kappa shape index (κ3) is 7.51. The van der Waals surface area contributed by atoms with Gasteiger partial charge in [-0.1, -0.05) is 6.92 Å². The van der Waals surface area contributed by atoms with Crippen molar-refractivity contribution in [3.8, 4) is 0 Å². The van der Waals surface area contributed by atoms with Gasteiger partial charge in [0.25, 0.3) is 11.4 Å². The third-order valence-electron chi connectivity index (χ3n) is 9.93. The van der Waals surface area contributed by atoms with Gasteiger partial charge in [0.05, 0.1) is 34.0 Å². The lowest BCUT2D eigenvalue weighted by Crippen LogP contribution is -2.64. The van der Waals surface area contributed by atoms with Crippen molar-refractivity contribution < 1.29 is 53.5 Å². The molecule has 6 rings (SSSR count). The lowest BCUT2D eigenvalue weighted by Gasteiger charge is -2.46. The van der Waals surface area contributed by atoms with Gasteiger partial charge in [0.15, 0.2) is 0 Å². The number of carbonyl (C=O) groups excluding carboxylic acids is 4. The fourth-order valence-corrected chi connectivity index (χ4v) is 8.67. The van der Waals surface area contributed by atoms with E-state index < -0.39 is 81.1 Å². The van der Waals surface area contributed by atoms with Crippen LogP contribution in [0.1, 0.15) is 31.4 Å². The van der Waals surface area contributed by atoms with Gasteiger partial charge >= 0.3 is 18.2 Å². The molecule has 20 heteroatoms. The molecule has 6 atom stereocenters. The predicted octanol–water partition coefficient (Wildman–Crippen LogP) is 2.61. The minimum Gasteiger partial charge on any atom is -0.477 e. The zero-order valence-corrected chi connectivity index (χ0v) is 29.7. The molecule has 3 fully saturated rings. The minimum absolute atomic E-state index is 0.00772. The summed E-state index contributed by atoms with van der Waals surface area (Å²) < 4.78 is 10.7. The monoisotopic (exact) mass is 768 g/mol. The summed E-state index contributed by atoms with van der Waals surface area (Å²) >= 11 is 1.17. The quantitative estimate of drug-likeness (QED) is 0.160. The van der Waals surface area contributed by atoms with Gasteiger partial charge in [-0.3, -0.25) is 34.7 Å². The number of carboxylic acid groups (broad SMARTS) is 1. The normalized spacial score (nSPS) is 23.9. The predicted molar refractivity (Wildman–Crippen MR) is 186 cm³/mol. The zero-order valence-electron chi connectivity index (χ0n) is 28.9. The summed E-state index contributed by atoms with van der Waals surface area (Å²) in [5, 5.41) is 44.3. The van der Waals surface area contributed by atoms with E-state index in [1.807, 2.05) is 0 Å². The van der Waals surface area contributed by atoms with Crippen LogP contribution in [0.15, 0.2) is 59.1 Å². The number of nitro groups is 2. The number of aliphatic hydroxyl groups is 1. The fourth-order valence-electron chi connectivity index (χ4n) is 7.15. The van der Waals surface area contributed by atoms with Crippen molar-refractivity contribution in [2.45, 2.75) is 63.0 Å². The molecule has 2 aromatic carbocycles. The zero-order chi connectivity index (χ0) is 39.0. The van der Waals surface area contributed by atoms with Crippen LogP contribution in [0.5, 0.6) is 0 Å². The molecule has 2 aromatic rings. The average molecular weight is 769 g/mol. The number of likely N-dealkylation sites (tertiary alicyclic amines) is 2. The SMILES string of the molecule is C[C@@H](O)[C@H]1C(=O)N2C(C(=O)O)=C(S[C@H]3C[C@@H](C(=O)N4CC(NC(=O)OCc5ccc([N+](=O)[O-])cc5)C4)N(C(=O)OCc4ccc([N+](=O)[O-])cc4)C3)[C@H](C)[C@H]12. The van der Waals surface area contributed by atoms with Crippen LogP contribution in [0.3, 0.4) is 0 Å². The number of non-ortho nitro benzene ring substituents is 2. The number of thioether (sulfide) groups is 1. The number of fused-ring (bicyclic) bond motifs is 1. The standard InChI is InChI=1S/C34H36N6O13S/c1-17-27-26(18(2)41)31(43)38(27)28(32(44)45)29(17)54-24-11-25(37(14-24)34(47)53-16-20-5-9-23(10-6-20)40(50)51)30(42)36-12-21(13-36)35-33(46)52-15-19-3-7-22(8-4-19)39(48)49/h3-10,17-18,21,24-27,41H,11-16H2,1-2H3,(H,35,46)(H,44,45)/t17-,18-,24+,25+,26-,27-/m1/s1. The molecule has 0 radical (unpaired) electrons. The van der Waals surface area contributed by atoms with E-state index in [2.05, 4.69) is 5.32 Å². The number of alkyl carbamates (subject to hydrolysis) is 1. The number of aliphatic carboxylic acids is 1. The van der Waals surface area contributed by atoms with Gasteiger partial charge in [0.2, 0.25) is 11.8 Å². The molecule has 4 aliphatic heterocycles. The highest BCUT2D eigenvalue weighted by molar-refractivity contribution is 8.03. The molecule has 54 heavy (non-hydrogen) atoms. The fraction of sp³-hybridized carbons (Fsp3) is 0.441. The average Bonchev–Trinajstić information content (AvgIpc) is 3.64. The van der Waals surface area contributed by atoms with Crippen molar-refractivity contribution >= 4 is 53.1 Å². The topological polar surface area (TPSA) is 252 Å². The van der Waals surface area contributed by atoms with E-state index in [1.54, 1.807) is 6.92 Å². The van der Waals surface area contributed by atoms with Gasteiger partial charge in [-0.15, -0.1) is 11.8 Å². The molecule has 0 bridgehead atoms. The number of carbonyl (C=O) groups is 5. The highest BCUT2D eigenvalue weighted by Gasteiger charge is 2.60. The molecule has 4 amide bonds. The highest BCUT2D eigenvalue weighted by atomic mass is 32.2. The minimum atomic E-state index is -1.31. The Morgan fingerprint density at radius 1 is 0.944 bits per heavy atom. The second-order valence-electron chi connectivity index (χ2n) is 13.5. The van der Waals surface area contributed by atoms with Crippen molar-refractivity contribution in [1.82, 2.24) is 20.0 Å². The van der Waals surface area contributed by atoms with E-state index in [0.717, 1.165) is 0 Å². The van der Waals surface area contributed by atoms with E-state index in [-0.39, 0.29) is 56.3 Å². The van der Waals surface area contributed by atoms with Gasteiger partial charge in [0, 0.05) is 60.0 Å². The summed E-state index contributed by atoms with van der Waals surface area (Å²) in [5.41, 5.74) is 0.578. The Hall–Kier alpha value is -5.76. The molecule has 0 unspecified atom stereocenters. The van der Waals surface area contributed by atoms with Crippen molar-refractivity contribution in [1.29, 1.82) is 0 Å². The van der Waals surface area contributed by atoms with Gasteiger partial charge in [-0.05, 0) is 48.7 Å². The number of nitrogens with one attached hydrogen (secondary N) is 1. The molecule has 0 saturated carbocycles. The summed E-state index contributed by atoms with van der Waals surface area (Å²) in [7, 11) is 0. The maximum absolute atomic E-state index is 13.9. The molecule has 0 aliphatic carbocycles. The maximum atomic E-state index is 13.9. The van der Waals surface area contributed by atoms with Crippen molar-refractivity contribution in [3.05, 3.63) is 90.5 Å². The molecule has 4 aliphatic rings. The molecule has 19 nitrogen and oxygen atoms in total. The van der Waals surface area contributed by atoms with Crippen LogP contribution in [-0.4, -0.2) is 114 Å². The van der Waals surface area contributed by atoms with E-state index in [9.17, 15) is 54.4 Å². The van der Waals surface area contributed by atoms with Crippen LogP contribution >= 0.6 is 11.8 Å². The Labute approximate surface area is 311 Å². The van der Waals surface area contributed by atoms with Crippen LogP contribution in [0.25, 0.3) is 0 Å². The Kier molecular flexibility index (Phi) is 10.8. The second-order valence-corrected chi connectivity index (χ2v) is 14.8. The summed E-state index contributed by atoms with van der Waals surface area (Å²) in [5.74, 6) is -3.41. The van der Waals surface area contributed by atoms with Crippen molar-refractivity contribution in [2.24, 2.45) is 11.8 Å². The summed E-state index contributed by atoms with van der Waals surface area (Å²) in [6.45, 7) is 3.08. The number of nitro benzene ring substituents is 2. The van der Waals surface area contributed by atoms with Gasteiger partial charge in [-0.2, -0.15) is 0 Å². The van der Waals surface area contributed by atoms with Gasteiger partial charge in [0.1, 0.15) is 25.0 Å². The van der Waals surface area contributed by atoms with Gasteiger partial charge < -0.3 is 34.8 Å². The van der Waals surface area contributed by atoms with Crippen LogP contribution in [0.4, 0.5) is 21.0 Å². The first-order valence-electron chi connectivity index (χ1n) is 16.9. The van der Waals surface area contributed by atoms with Crippen molar-refractivity contribution in [2.75, 3.05) is 19.6 Å². The van der Waals surface area contributed by atoms with E-state index >= 15 is 0 Å².